The Morgan fingerprint density at radius 3 is 2.40 bits per heavy atom. The first-order valence-corrected chi connectivity index (χ1v) is 7.99. The predicted molar refractivity (Wildman–Crippen MR) is 79.2 cm³/mol. The summed E-state index contributed by atoms with van der Waals surface area (Å²) in [6, 6.07) is 14.4. The molecule has 0 bridgehead atoms. The first-order chi connectivity index (χ1) is 9.58. The number of nitrogens with zero attached hydrogens (tertiary/aromatic N) is 1. The molecule has 2 rings (SSSR count). The lowest BCUT2D eigenvalue weighted by atomic mass is 10.1. The van der Waals surface area contributed by atoms with Gasteiger partial charge in [0.1, 0.15) is 5.75 Å². The minimum Gasteiger partial charge on any atom is -0.462 e. The van der Waals surface area contributed by atoms with Crippen LogP contribution in [-0.4, -0.2) is 24.4 Å². The Labute approximate surface area is 118 Å². The number of hydrogen-bond acceptors (Lipinski definition) is 3. The zero-order valence-corrected chi connectivity index (χ0v) is 12.2. The van der Waals surface area contributed by atoms with Crippen LogP contribution in [-0.2, 0) is 9.73 Å². The molecule has 0 aliphatic heterocycles. The van der Waals surface area contributed by atoms with Gasteiger partial charge in [0.25, 0.3) is 0 Å². The number of rotatable bonds is 4. The predicted octanol–water partition coefficient (Wildman–Crippen LogP) is 3.75. The van der Waals surface area contributed by atoms with Crippen molar-refractivity contribution >= 4 is 9.73 Å². The Hall–Kier alpha value is -1.88. The standard InChI is InChI=1S/C15H16FNO2S/c1-17-20(2,18)13-9-7-12(8-10-13)14-5-3-4-6-15(14)19-11-16/h3-10H,11H2,1-2H3. The van der Waals surface area contributed by atoms with Crippen molar-refractivity contribution in [3.63, 3.8) is 0 Å². The fourth-order valence-corrected chi connectivity index (χ4v) is 2.73. The smallest absolute Gasteiger partial charge is 0.228 e. The first kappa shape index (κ1) is 14.5. The summed E-state index contributed by atoms with van der Waals surface area (Å²) in [6.07, 6.45) is 1.60. The van der Waals surface area contributed by atoms with E-state index < -0.39 is 16.6 Å². The molecule has 3 nitrogen and oxygen atoms in total. The van der Waals surface area contributed by atoms with Gasteiger partial charge in [0.2, 0.25) is 6.86 Å². The molecule has 1 unspecified atom stereocenters. The third-order valence-corrected chi connectivity index (χ3v) is 4.89. The molecule has 5 heteroatoms. The summed E-state index contributed by atoms with van der Waals surface area (Å²) in [5.41, 5.74) is 1.68. The monoisotopic (exact) mass is 293 g/mol. The summed E-state index contributed by atoms with van der Waals surface area (Å²) in [4.78, 5) is 0.674. The van der Waals surface area contributed by atoms with Crippen LogP contribution in [0, 0.1) is 0 Å². The minimum atomic E-state index is -2.33. The number of hydrogen-bond donors (Lipinski definition) is 0. The van der Waals surface area contributed by atoms with Crippen molar-refractivity contribution in [1.29, 1.82) is 0 Å². The molecule has 0 radical (unpaired) electrons. The fraction of sp³-hybridized carbons (Fsp3) is 0.200. The van der Waals surface area contributed by atoms with Gasteiger partial charge in [-0.25, -0.2) is 13.0 Å². The van der Waals surface area contributed by atoms with Crippen LogP contribution in [0.25, 0.3) is 11.1 Å². The van der Waals surface area contributed by atoms with E-state index in [-0.39, 0.29) is 0 Å². The molecule has 2 aromatic rings. The topological polar surface area (TPSA) is 38.7 Å². The van der Waals surface area contributed by atoms with Gasteiger partial charge in [0, 0.05) is 23.8 Å². The number of para-hydroxylation sites is 1. The molecule has 0 heterocycles. The Kier molecular flexibility index (Phi) is 4.39. The van der Waals surface area contributed by atoms with Gasteiger partial charge in [0.05, 0.1) is 9.73 Å². The van der Waals surface area contributed by atoms with Crippen LogP contribution in [0.15, 0.2) is 57.8 Å². The van der Waals surface area contributed by atoms with Gasteiger partial charge < -0.3 is 4.74 Å². The fourth-order valence-electron chi connectivity index (χ4n) is 1.88. The van der Waals surface area contributed by atoms with Crippen LogP contribution in [0.1, 0.15) is 0 Å². The van der Waals surface area contributed by atoms with E-state index in [0.29, 0.717) is 10.6 Å². The van der Waals surface area contributed by atoms with Crippen LogP contribution in [0.4, 0.5) is 4.39 Å². The zero-order chi connectivity index (χ0) is 14.6. The highest BCUT2D eigenvalue weighted by Crippen LogP contribution is 2.30. The van der Waals surface area contributed by atoms with Crippen LogP contribution in [0.5, 0.6) is 5.75 Å². The molecule has 0 aliphatic rings. The second-order valence-electron chi connectivity index (χ2n) is 4.26. The highest BCUT2D eigenvalue weighted by Gasteiger charge is 2.08. The number of benzene rings is 2. The number of alkyl halides is 1. The molecular formula is C15H16FNO2S. The largest absolute Gasteiger partial charge is 0.462 e. The Balaban J connectivity index is 2.43. The SMILES string of the molecule is CN=S(C)(=O)c1ccc(-c2ccccc2OCF)cc1. The number of halogens is 1. The molecule has 0 amide bonds. The van der Waals surface area contributed by atoms with Gasteiger partial charge >= 0.3 is 0 Å². The van der Waals surface area contributed by atoms with Gasteiger partial charge in [-0.2, -0.15) is 0 Å². The lowest BCUT2D eigenvalue weighted by Gasteiger charge is -2.10. The van der Waals surface area contributed by atoms with Gasteiger partial charge in [-0.3, -0.25) is 0 Å². The molecule has 1 atom stereocenters. The van der Waals surface area contributed by atoms with Crippen molar-refractivity contribution in [2.45, 2.75) is 4.90 Å². The molecule has 0 aliphatic carbocycles. The van der Waals surface area contributed by atoms with E-state index in [0.717, 1.165) is 11.1 Å². The van der Waals surface area contributed by atoms with Gasteiger partial charge in [-0.1, -0.05) is 30.3 Å². The highest BCUT2D eigenvalue weighted by molar-refractivity contribution is 7.93. The van der Waals surface area contributed by atoms with Gasteiger partial charge in [-0.05, 0) is 23.8 Å². The van der Waals surface area contributed by atoms with Crippen molar-refractivity contribution in [3.05, 3.63) is 48.5 Å². The maximum Gasteiger partial charge on any atom is 0.228 e. The average molecular weight is 293 g/mol. The van der Waals surface area contributed by atoms with Crippen molar-refractivity contribution in [2.75, 3.05) is 20.2 Å². The molecular weight excluding hydrogens is 277 g/mol. The summed E-state index contributed by atoms with van der Waals surface area (Å²) in [5, 5.41) is 0. The van der Waals surface area contributed by atoms with Gasteiger partial charge in [0.15, 0.2) is 0 Å². The third kappa shape index (κ3) is 2.99. The summed E-state index contributed by atoms with van der Waals surface area (Å²) in [7, 11) is -0.791. The lowest BCUT2D eigenvalue weighted by Crippen LogP contribution is -1.97. The Bertz CT molecular complexity index is 704. The minimum absolute atomic E-state index is 0.486. The van der Waals surface area contributed by atoms with Gasteiger partial charge in [-0.15, -0.1) is 0 Å². The average Bonchev–Trinajstić information content (AvgIpc) is 2.48. The van der Waals surface area contributed by atoms with E-state index >= 15 is 0 Å². The maximum atomic E-state index is 12.4. The molecule has 0 saturated heterocycles. The molecule has 106 valence electrons. The Morgan fingerprint density at radius 1 is 1.15 bits per heavy atom. The summed E-state index contributed by atoms with van der Waals surface area (Å²) < 4.78 is 33.4. The second kappa shape index (κ2) is 6.05. The van der Waals surface area contributed by atoms with Crippen molar-refractivity contribution < 1.29 is 13.3 Å². The lowest BCUT2D eigenvalue weighted by molar-refractivity contribution is 0.192. The van der Waals surface area contributed by atoms with Crippen LogP contribution < -0.4 is 4.74 Å². The van der Waals surface area contributed by atoms with Crippen molar-refractivity contribution in [1.82, 2.24) is 0 Å². The quantitative estimate of drug-likeness (QED) is 0.861. The zero-order valence-electron chi connectivity index (χ0n) is 11.4. The summed E-state index contributed by atoms with van der Waals surface area (Å²) in [5.74, 6) is 0.486. The van der Waals surface area contributed by atoms with E-state index in [9.17, 15) is 8.60 Å². The molecule has 2 aromatic carbocycles. The molecule has 20 heavy (non-hydrogen) atoms. The third-order valence-electron chi connectivity index (χ3n) is 3.05. The van der Waals surface area contributed by atoms with Crippen LogP contribution in [0.2, 0.25) is 0 Å². The van der Waals surface area contributed by atoms with E-state index in [2.05, 4.69) is 4.36 Å². The molecule has 0 spiro atoms. The van der Waals surface area contributed by atoms with Crippen LogP contribution in [0.3, 0.4) is 0 Å². The normalized spacial score (nSPS) is 13.6. The Morgan fingerprint density at radius 2 is 1.80 bits per heavy atom. The molecule has 0 fully saturated rings. The first-order valence-electron chi connectivity index (χ1n) is 6.07. The molecule has 0 N–H and O–H groups in total. The van der Waals surface area contributed by atoms with E-state index in [1.807, 2.05) is 24.3 Å². The second-order valence-corrected chi connectivity index (χ2v) is 6.70. The van der Waals surface area contributed by atoms with Crippen molar-refractivity contribution in [2.24, 2.45) is 4.36 Å². The van der Waals surface area contributed by atoms with Crippen LogP contribution >= 0.6 is 0 Å². The highest BCUT2D eigenvalue weighted by atomic mass is 32.2. The number of ether oxygens (including phenoxy) is 1. The molecule has 0 aromatic heterocycles. The van der Waals surface area contributed by atoms with E-state index in [1.54, 1.807) is 37.6 Å². The van der Waals surface area contributed by atoms with E-state index in [4.69, 9.17) is 4.74 Å². The maximum absolute atomic E-state index is 12.4. The summed E-state index contributed by atoms with van der Waals surface area (Å²) in [6.45, 7) is -0.868. The van der Waals surface area contributed by atoms with E-state index in [1.165, 1.54) is 0 Å². The molecule has 0 saturated carbocycles. The summed E-state index contributed by atoms with van der Waals surface area (Å²) >= 11 is 0. The van der Waals surface area contributed by atoms with Crippen molar-refractivity contribution in [3.8, 4) is 16.9 Å².